The van der Waals surface area contributed by atoms with Crippen LogP contribution in [0.5, 0.6) is 5.75 Å². The zero-order chi connectivity index (χ0) is 20.0. The highest BCUT2D eigenvalue weighted by Gasteiger charge is 2.19. The van der Waals surface area contributed by atoms with Gasteiger partial charge in [-0.15, -0.1) is 6.42 Å². The van der Waals surface area contributed by atoms with Crippen molar-refractivity contribution >= 4 is 29.1 Å². The average Bonchev–Trinajstić information content (AvgIpc) is 2.63. The summed E-state index contributed by atoms with van der Waals surface area (Å²) in [5, 5.41) is 5.95. The molecule has 0 aliphatic carbocycles. The summed E-state index contributed by atoms with van der Waals surface area (Å²) in [6, 6.07) is 8.15. The fourth-order valence-corrected chi connectivity index (χ4v) is 2.42. The van der Waals surface area contributed by atoms with Crippen LogP contribution in [-0.4, -0.2) is 29.4 Å². The molecule has 0 saturated carbocycles. The molecular formula is C20H20ClN3O3. The molecular weight excluding hydrogens is 366 g/mol. The fourth-order valence-electron chi connectivity index (χ4n) is 2.26. The van der Waals surface area contributed by atoms with Gasteiger partial charge >= 0.3 is 0 Å². The monoisotopic (exact) mass is 385 g/mol. The number of hydrogen-bond donors (Lipinski definition) is 2. The Morgan fingerprint density at radius 1 is 1.30 bits per heavy atom. The van der Waals surface area contributed by atoms with Gasteiger partial charge in [0.25, 0.3) is 5.91 Å². The summed E-state index contributed by atoms with van der Waals surface area (Å²) < 4.78 is 5.24. The molecule has 0 atom stereocenters. The van der Waals surface area contributed by atoms with Crippen molar-refractivity contribution in [2.45, 2.75) is 25.8 Å². The van der Waals surface area contributed by atoms with E-state index in [1.165, 1.54) is 19.4 Å². The molecule has 0 unspecified atom stereocenters. The number of carbonyl (C=O) groups is 2. The molecule has 0 aliphatic rings. The minimum absolute atomic E-state index is 0.0916. The number of aromatic nitrogens is 1. The second-order valence-corrected chi connectivity index (χ2v) is 6.77. The maximum Gasteiger partial charge on any atom is 0.271 e. The molecule has 1 heterocycles. The summed E-state index contributed by atoms with van der Waals surface area (Å²) in [4.78, 5) is 28.6. The highest BCUT2D eigenvalue weighted by atomic mass is 35.5. The first-order valence-corrected chi connectivity index (χ1v) is 8.50. The van der Waals surface area contributed by atoms with Crippen LogP contribution < -0.4 is 15.4 Å². The van der Waals surface area contributed by atoms with Crippen molar-refractivity contribution in [3.05, 3.63) is 52.8 Å². The van der Waals surface area contributed by atoms with Crippen molar-refractivity contribution in [2.24, 2.45) is 0 Å². The molecule has 140 valence electrons. The fraction of sp³-hybridized carbons (Fsp3) is 0.250. The zero-order valence-corrected chi connectivity index (χ0v) is 16.1. The lowest BCUT2D eigenvalue weighted by atomic mass is 10.1. The molecule has 1 aromatic carbocycles. The summed E-state index contributed by atoms with van der Waals surface area (Å²) in [5.41, 5.74) is 0.498. The number of terminal acetylenes is 1. The standard InChI is InChI=1S/C20H20ClN3O3/c1-5-20(2,3)24-19(26)16-12-15(8-9-22-16)23-18(25)10-13-6-7-14(21)11-17(13)27-4/h1,6-9,11-12H,10H2,2-4H3,(H,24,26)(H,22,23,25). The third-order valence-corrected chi connectivity index (χ3v) is 3.90. The quantitative estimate of drug-likeness (QED) is 0.749. The summed E-state index contributed by atoms with van der Waals surface area (Å²) in [7, 11) is 1.51. The smallest absolute Gasteiger partial charge is 0.271 e. The molecule has 27 heavy (non-hydrogen) atoms. The number of pyridine rings is 1. The molecule has 0 saturated heterocycles. The van der Waals surface area contributed by atoms with E-state index in [4.69, 9.17) is 22.8 Å². The van der Waals surface area contributed by atoms with Gasteiger partial charge in [-0.3, -0.25) is 14.6 Å². The van der Waals surface area contributed by atoms with Crippen LogP contribution in [0.3, 0.4) is 0 Å². The van der Waals surface area contributed by atoms with Crippen molar-refractivity contribution in [3.63, 3.8) is 0 Å². The SMILES string of the molecule is C#CC(C)(C)NC(=O)c1cc(NC(=O)Cc2ccc(Cl)cc2OC)ccn1. The van der Waals surface area contributed by atoms with E-state index in [1.807, 2.05) is 0 Å². The molecule has 6 nitrogen and oxygen atoms in total. The molecule has 1 aromatic heterocycles. The summed E-state index contributed by atoms with van der Waals surface area (Å²) >= 11 is 5.93. The van der Waals surface area contributed by atoms with Gasteiger partial charge in [0.2, 0.25) is 5.91 Å². The van der Waals surface area contributed by atoms with Gasteiger partial charge in [-0.1, -0.05) is 23.6 Å². The Morgan fingerprint density at radius 2 is 2.04 bits per heavy atom. The highest BCUT2D eigenvalue weighted by molar-refractivity contribution is 6.30. The van der Waals surface area contributed by atoms with Gasteiger partial charge in [0, 0.05) is 22.5 Å². The Morgan fingerprint density at radius 3 is 2.70 bits per heavy atom. The van der Waals surface area contributed by atoms with Crippen LogP contribution in [0.15, 0.2) is 36.5 Å². The third kappa shape index (κ3) is 5.73. The van der Waals surface area contributed by atoms with E-state index in [9.17, 15) is 9.59 Å². The highest BCUT2D eigenvalue weighted by Crippen LogP contribution is 2.24. The number of carbonyl (C=O) groups excluding carboxylic acids is 2. The van der Waals surface area contributed by atoms with E-state index < -0.39 is 11.4 Å². The number of anilines is 1. The molecule has 2 amide bonds. The van der Waals surface area contributed by atoms with Crippen molar-refractivity contribution in [2.75, 3.05) is 12.4 Å². The number of amides is 2. The van der Waals surface area contributed by atoms with Gasteiger partial charge in [-0.2, -0.15) is 0 Å². The second-order valence-electron chi connectivity index (χ2n) is 6.33. The predicted octanol–water partition coefficient (Wildman–Crippen LogP) is 3.07. The number of nitrogens with one attached hydrogen (secondary N) is 2. The summed E-state index contributed by atoms with van der Waals surface area (Å²) in [6.07, 6.45) is 6.91. The van der Waals surface area contributed by atoms with Gasteiger partial charge in [-0.25, -0.2) is 0 Å². The molecule has 0 bridgehead atoms. The molecule has 7 heteroatoms. The van der Waals surface area contributed by atoms with E-state index in [2.05, 4.69) is 21.5 Å². The molecule has 0 spiro atoms. The van der Waals surface area contributed by atoms with Crippen LogP contribution in [0, 0.1) is 12.3 Å². The largest absolute Gasteiger partial charge is 0.496 e. The van der Waals surface area contributed by atoms with Crippen LogP contribution >= 0.6 is 11.6 Å². The topological polar surface area (TPSA) is 80.3 Å². The number of nitrogens with zero attached hydrogens (tertiary/aromatic N) is 1. The van der Waals surface area contributed by atoms with Crippen molar-refractivity contribution in [1.29, 1.82) is 0 Å². The zero-order valence-electron chi connectivity index (χ0n) is 15.3. The lowest BCUT2D eigenvalue weighted by Crippen LogP contribution is -2.42. The van der Waals surface area contributed by atoms with Crippen molar-refractivity contribution < 1.29 is 14.3 Å². The first-order chi connectivity index (χ1) is 12.7. The summed E-state index contributed by atoms with van der Waals surface area (Å²) in [5.74, 6) is 2.32. The van der Waals surface area contributed by atoms with Crippen LogP contribution in [0.2, 0.25) is 5.02 Å². The van der Waals surface area contributed by atoms with Crippen molar-refractivity contribution in [3.8, 4) is 18.1 Å². The molecule has 2 N–H and O–H groups in total. The number of methoxy groups -OCH3 is 1. The molecule has 0 fully saturated rings. The van der Waals surface area contributed by atoms with Gasteiger partial charge in [0.15, 0.2) is 0 Å². The molecule has 2 rings (SSSR count). The van der Waals surface area contributed by atoms with Crippen molar-refractivity contribution in [1.82, 2.24) is 10.3 Å². The first kappa shape index (κ1) is 20.3. The molecule has 0 aliphatic heterocycles. The summed E-state index contributed by atoms with van der Waals surface area (Å²) in [6.45, 7) is 3.41. The van der Waals surface area contributed by atoms with Crippen LogP contribution in [-0.2, 0) is 11.2 Å². The maximum absolute atomic E-state index is 12.3. The Balaban J connectivity index is 2.09. The Hall–Kier alpha value is -3.04. The van der Waals surface area contributed by atoms with Crippen LogP contribution in [0.25, 0.3) is 0 Å². The number of benzene rings is 1. The predicted molar refractivity (Wildman–Crippen MR) is 105 cm³/mol. The lowest BCUT2D eigenvalue weighted by Gasteiger charge is -2.19. The number of hydrogen-bond acceptors (Lipinski definition) is 4. The normalized spacial score (nSPS) is 10.6. The van der Waals surface area contributed by atoms with Crippen LogP contribution in [0.4, 0.5) is 5.69 Å². The number of rotatable bonds is 6. The van der Waals surface area contributed by atoms with Gasteiger partial charge in [0.05, 0.1) is 19.1 Å². The molecule has 2 aromatic rings. The van der Waals surface area contributed by atoms with E-state index in [0.29, 0.717) is 22.0 Å². The molecule has 0 radical (unpaired) electrons. The van der Waals surface area contributed by atoms with Gasteiger partial charge in [0.1, 0.15) is 11.4 Å². The van der Waals surface area contributed by atoms with Crippen LogP contribution in [0.1, 0.15) is 29.9 Å². The second kappa shape index (κ2) is 8.56. The van der Waals surface area contributed by atoms with Gasteiger partial charge in [-0.05, 0) is 38.1 Å². The number of ether oxygens (including phenoxy) is 1. The minimum Gasteiger partial charge on any atom is -0.496 e. The van der Waals surface area contributed by atoms with E-state index in [1.54, 1.807) is 38.1 Å². The number of halogens is 1. The minimum atomic E-state index is -0.802. The van der Waals surface area contributed by atoms with E-state index >= 15 is 0 Å². The Bertz CT molecular complexity index is 904. The Kier molecular flexibility index (Phi) is 6.43. The maximum atomic E-state index is 12.3. The Labute approximate surface area is 163 Å². The third-order valence-electron chi connectivity index (χ3n) is 3.66. The first-order valence-electron chi connectivity index (χ1n) is 8.12. The van der Waals surface area contributed by atoms with E-state index in [0.717, 1.165) is 0 Å². The van der Waals surface area contributed by atoms with E-state index in [-0.39, 0.29) is 18.0 Å². The van der Waals surface area contributed by atoms with Gasteiger partial charge < -0.3 is 15.4 Å². The average molecular weight is 386 g/mol. The lowest BCUT2D eigenvalue weighted by molar-refractivity contribution is -0.115.